The van der Waals surface area contributed by atoms with E-state index in [1.165, 1.54) is 11.1 Å². The van der Waals surface area contributed by atoms with Gasteiger partial charge < -0.3 is 5.84 Å². The number of nitrogens with two attached hydrogens (primary N) is 1. The molecule has 0 spiro atoms. The zero-order chi connectivity index (χ0) is 7.84. The molecule has 0 unspecified atom stereocenters. The van der Waals surface area contributed by atoms with E-state index in [-0.39, 0.29) is 20.7 Å². The number of aromatic nitrogens is 1. The number of nitrogen functional groups attached to an aromatic ring is 1. The standard InChI is InChI=1S/C8H9IN2/c1-6-5-11(10)8-2-3-9-4-7(6)8/h2-5H,10H2,1H3. The highest BCUT2D eigenvalue weighted by Crippen LogP contribution is 2.21. The molecular weight excluding hydrogens is 251 g/mol. The number of nitrogens with zero attached hydrogens (tertiary/aromatic N) is 1. The molecule has 2 heterocycles. The van der Waals surface area contributed by atoms with Crippen molar-refractivity contribution in [2.45, 2.75) is 6.92 Å². The number of hydrogen-bond acceptors (Lipinski definition) is 1. The third kappa shape index (κ3) is 1.03. The van der Waals surface area contributed by atoms with Gasteiger partial charge in [0, 0.05) is 11.8 Å². The van der Waals surface area contributed by atoms with Crippen molar-refractivity contribution in [2.24, 2.45) is 0 Å². The molecule has 1 aromatic rings. The molecular formula is C8H9IN2. The van der Waals surface area contributed by atoms with E-state index in [1.807, 2.05) is 6.20 Å². The Hall–Kier alpha value is -0.580. The monoisotopic (exact) mass is 260 g/mol. The average Bonchev–Trinajstić information content (AvgIpc) is 2.30. The summed E-state index contributed by atoms with van der Waals surface area (Å²) in [7, 11) is 0. The van der Waals surface area contributed by atoms with Crippen molar-refractivity contribution >= 4 is 30.8 Å². The first kappa shape index (κ1) is 7.09. The van der Waals surface area contributed by atoms with Gasteiger partial charge in [-0.25, -0.2) is 0 Å². The van der Waals surface area contributed by atoms with Crippen LogP contribution >= 0.6 is 20.7 Å². The molecule has 0 atom stereocenters. The highest BCUT2D eigenvalue weighted by molar-refractivity contribution is 14.2. The summed E-state index contributed by atoms with van der Waals surface area (Å²) in [4.78, 5) is 0. The number of aryl methyl sites for hydroxylation is 1. The molecule has 0 amide bonds. The number of fused-ring (bicyclic) bond motifs is 1. The molecule has 0 fully saturated rings. The molecule has 11 heavy (non-hydrogen) atoms. The van der Waals surface area contributed by atoms with Gasteiger partial charge in [0.05, 0.1) is 5.69 Å². The third-order valence-corrected chi connectivity index (χ3v) is 3.53. The molecule has 1 aliphatic heterocycles. The molecule has 2 nitrogen and oxygen atoms in total. The Morgan fingerprint density at radius 3 is 3.09 bits per heavy atom. The van der Waals surface area contributed by atoms with Crippen LogP contribution in [0.5, 0.6) is 0 Å². The van der Waals surface area contributed by atoms with E-state index < -0.39 is 0 Å². The molecule has 58 valence electrons. The van der Waals surface area contributed by atoms with Gasteiger partial charge in [0.2, 0.25) is 0 Å². The van der Waals surface area contributed by atoms with Gasteiger partial charge in [-0.05, 0) is 26.7 Å². The van der Waals surface area contributed by atoms with Crippen LogP contribution in [0.4, 0.5) is 0 Å². The molecule has 2 N–H and O–H groups in total. The second kappa shape index (κ2) is 2.48. The molecule has 1 aliphatic rings. The van der Waals surface area contributed by atoms with Gasteiger partial charge in [0.15, 0.2) is 0 Å². The van der Waals surface area contributed by atoms with Crippen molar-refractivity contribution < 1.29 is 0 Å². The summed E-state index contributed by atoms with van der Waals surface area (Å²) in [5, 5.41) is 0. The minimum Gasteiger partial charge on any atom is -0.339 e. The summed E-state index contributed by atoms with van der Waals surface area (Å²) in [6, 6.07) is 0. The second-order valence-electron chi connectivity index (χ2n) is 2.55. The molecule has 0 bridgehead atoms. The SMILES string of the molecule is Cc1cn(N)c2c1C=IC=C2. The summed E-state index contributed by atoms with van der Waals surface area (Å²) in [6.07, 6.45) is 4.09. The lowest BCUT2D eigenvalue weighted by Gasteiger charge is -2.00. The Morgan fingerprint density at radius 1 is 1.55 bits per heavy atom. The van der Waals surface area contributed by atoms with Crippen LogP contribution in [-0.2, 0) is 0 Å². The van der Waals surface area contributed by atoms with Crippen LogP contribution in [0.25, 0.3) is 6.08 Å². The maximum atomic E-state index is 5.72. The number of hydrogen-bond donors (Lipinski definition) is 1. The minimum absolute atomic E-state index is 0.148. The first-order valence-corrected chi connectivity index (χ1v) is 5.87. The first-order valence-electron chi connectivity index (χ1n) is 3.38. The fourth-order valence-corrected chi connectivity index (χ4v) is 3.13. The quantitative estimate of drug-likeness (QED) is 0.557. The topological polar surface area (TPSA) is 30.9 Å². The zero-order valence-corrected chi connectivity index (χ0v) is 8.37. The van der Waals surface area contributed by atoms with Crippen LogP contribution < -0.4 is 5.84 Å². The highest BCUT2D eigenvalue weighted by atomic mass is 127. The first-order chi connectivity index (χ1) is 5.29. The Labute approximate surface area is 75.4 Å². The van der Waals surface area contributed by atoms with Crippen LogP contribution in [0.1, 0.15) is 16.8 Å². The van der Waals surface area contributed by atoms with Crippen LogP contribution in [0, 0.1) is 6.92 Å². The predicted octanol–water partition coefficient (Wildman–Crippen LogP) is 1.62. The van der Waals surface area contributed by atoms with Crippen molar-refractivity contribution in [1.29, 1.82) is 0 Å². The van der Waals surface area contributed by atoms with E-state index in [0.717, 1.165) is 5.69 Å². The smallest absolute Gasteiger partial charge is 0.0701 e. The maximum Gasteiger partial charge on any atom is 0.0701 e. The van der Waals surface area contributed by atoms with Gasteiger partial charge >= 0.3 is 0 Å². The summed E-state index contributed by atoms with van der Waals surface area (Å²) < 4.78 is 6.23. The molecule has 0 saturated carbocycles. The van der Waals surface area contributed by atoms with Gasteiger partial charge in [-0.3, -0.25) is 4.68 Å². The largest absolute Gasteiger partial charge is 0.339 e. The van der Waals surface area contributed by atoms with Gasteiger partial charge in [-0.15, -0.1) is 0 Å². The van der Waals surface area contributed by atoms with Crippen LogP contribution in [-0.4, -0.2) is 8.69 Å². The van der Waals surface area contributed by atoms with Crippen molar-refractivity contribution in [3.63, 3.8) is 0 Å². The third-order valence-electron chi connectivity index (χ3n) is 1.78. The maximum absolute atomic E-state index is 5.72. The Balaban J connectivity index is 2.73. The van der Waals surface area contributed by atoms with Crippen LogP contribution in [0.15, 0.2) is 10.3 Å². The lowest BCUT2D eigenvalue weighted by atomic mass is 10.2. The molecule has 0 aliphatic carbocycles. The summed E-state index contributed by atoms with van der Waals surface area (Å²) in [6.45, 7) is 2.10. The Kier molecular flexibility index (Phi) is 1.60. The van der Waals surface area contributed by atoms with E-state index in [9.17, 15) is 0 Å². The van der Waals surface area contributed by atoms with E-state index in [4.69, 9.17) is 5.84 Å². The fourth-order valence-electron chi connectivity index (χ4n) is 1.20. The molecule has 0 radical (unpaired) electrons. The summed E-state index contributed by atoms with van der Waals surface area (Å²) >= 11 is 0.148. The van der Waals surface area contributed by atoms with Crippen LogP contribution in [0.2, 0.25) is 0 Å². The second-order valence-corrected chi connectivity index (χ2v) is 4.61. The van der Waals surface area contributed by atoms with Crippen molar-refractivity contribution in [3.8, 4) is 0 Å². The number of halogens is 1. The van der Waals surface area contributed by atoms with E-state index in [1.54, 1.807) is 4.68 Å². The summed E-state index contributed by atoms with van der Waals surface area (Å²) in [5.74, 6) is 5.72. The van der Waals surface area contributed by atoms with Crippen LogP contribution in [0.3, 0.4) is 0 Å². The van der Waals surface area contributed by atoms with Gasteiger partial charge in [-0.2, -0.15) is 0 Å². The highest BCUT2D eigenvalue weighted by Gasteiger charge is 2.07. The van der Waals surface area contributed by atoms with Crippen molar-refractivity contribution in [1.82, 2.24) is 4.68 Å². The lowest BCUT2D eigenvalue weighted by Crippen LogP contribution is -2.08. The van der Waals surface area contributed by atoms with Crippen molar-refractivity contribution in [2.75, 3.05) is 5.84 Å². The van der Waals surface area contributed by atoms with E-state index in [0.29, 0.717) is 0 Å². The molecule has 3 heteroatoms. The predicted molar refractivity (Wildman–Crippen MR) is 57.5 cm³/mol. The minimum atomic E-state index is 0.148. The van der Waals surface area contributed by atoms with Gasteiger partial charge in [0.1, 0.15) is 0 Å². The fraction of sp³-hybridized carbons (Fsp3) is 0.125. The normalized spacial score (nSPS) is 14.3. The molecule has 2 rings (SSSR count). The van der Waals surface area contributed by atoms with E-state index in [2.05, 4.69) is 21.1 Å². The number of rotatable bonds is 0. The summed E-state index contributed by atoms with van der Waals surface area (Å²) in [5.41, 5.74) is 3.77. The lowest BCUT2D eigenvalue weighted by molar-refractivity contribution is 1.000. The Bertz CT molecular complexity index is 315. The Morgan fingerprint density at radius 2 is 2.36 bits per heavy atom. The average molecular weight is 260 g/mol. The van der Waals surface area contributed by atoms with Gasteiger partial charge in [-0.1, -0.05) is 20.7 Å². The zero-order valence-electron chi connectivity index (χ0n) is 6.21. The van der Waals surface area contributed by atoms with E-state index >= 15 is 0 Å². The van der Waals surface area contributed by atoms with Gasteiger partial charge in [0.25, 0.3) is 0 Å². The molecule has 0 aromatic carbocycles. The molecule has 0 saturated heterocycles. The molecule has 1 aromatic heterocycles. The van der Waals surface area contributed by atoms with Crippen molar-refractivity contribution in [3.05, 3.63) is 27.1 Å².